The molecule has 0 aliphatic rings. The highest BCUT2D eigenvalue weighted by molar-refractivity contribution is 6.29. The first-order valence-electron chi connectivity index (χ1n) is 4.28. The molecule has 0 N–H and O–H groups in total. The topological polar surface area (TPSA) is 39.2 Å². The molecule has 0 spiro atoms. The Bertz CT molecular complexity index is 412. The minimum Gasteiger partial charge on any atom is -0.461 e. The molecule has 0 fully saturated rings. The van der Waals surface area contributed by atoms with Crippen molar-refractivity contribution in [1.82, 2.24) is 4.98 Å². The monoisotopic (exact) mass is 253 g/mol. The fraction of sp³-hybridized carbons (Fsp3) is 0.333. The fourth-order valence-electron chi connectivity index (χ4n) is 1.01. The van der Waals surface area contributed by atoms with Gasteiger partial charge in [0.2, 0.25) is 0 Å². The number of ether oxygens (including phenoxy) is 1. The Balaban J connectivity index is 3.24. The van der Waals surface area contributed by atoms with Crippen molar-refractivity contribution in [3.8, 4) is 0 Å². The van der Waals surface area contributed by atoms with E-state index in [0.29, 0.717) is 6.07 Å². The first-order chi connectivity index (χ1) is 7.47. The summed E-state index contributed by atoms with van der Waals surface area (Å²) in [6.07, 6.45) is -3.08. The van der Waals surface area contributed by atoms with Crippen LogP contribution in [0.1, 0.15) is 29.4 Å². The Morgan fingerprint density at radius 1 is 1.62 bits per heavy atom. The average Bonchev–Trinajstić information content (AvgIpc) is 2.20. The van der Waals surface area contributed by atoms with E-state index >= 15 is 0 Å². The van der Waals surface area contributed by atoms with Crippen LogP contribution in [0.15, 0.2) is 6.07 Å². The second kappa shape index (κ2) is 5.16. The van der Waals surface area contributed by atoms with Gasteiger partial charge >= 0.3 is 5.97 Å². The molecule has 0 bridgehead atoms. The maximum atomic E-state index is 13.4. The predicted molar refractivity (Wildman–Crippen MR) is 50.1 cm³/mol. The van der Waals surface area contributed by atoms with Gasteiger partial charge < -0.3 is 4.74 Å². The molecule has 3 nitrogen and oxygen atoms in total. The molecular weight excluding hydrogens is 247 g/mol. The summed E-state index contributed by atoms with van der Waals surface area (Å²) in [5.74, 6) is -2.53. The molecule has 0 aromatic carbocycles. The van der Waals surface area contributed by atoms with Gasteiger partial charge in [-0.1, -0.05) is 11.6 Å². The van der Waals surface area contributed by atoms with Gasteiger partial charge in [0.15, 0.2) is 11.5 Å². The number of rotatable bonds is 3. The molecule has 0 saturated carbocycles. The van der Waals surface area contributed by atoms with Crippen LogP contribution >= 0.6 is 11.6 Å². The number of carbonyl (C=O) groups excluding carboxylic acids is 1. The second-order valence-electron chi connectivity index (χ2n) is 2.72. The molecule has 0 amide bonds. The lowest BCUT2D eigenvalue weighted by Crippen LogP contribution is -2.12. The highest BCUT2D eigenvalue weighted by atomic mass is 35.5. The number of hydrogen-bond acceptors (Lipinski definition) is 3. The molecule has 0 aliphatic carbocycles. The number of halogens is 4. The van der Waals surface area contributed by atoms with E-state index in [2.05, 4.69) is 9.72 Å². The molecule has 0 aliphatic heterocycles. The van der Waals surface area contributed by atoms with Crippen molar-refractivity contribution >= 4 is 17.6 Å². The zero-order valence-electron chi connectivity index (χ0n) is 8.14. The normalized spacial score (nSPS) is 10.6. The summed E-state index contributed by atoms with van der Waals surface area (Å²) in [7, 11) is 0. The fourth-order valence-corrected chi connectivity index (χ4v) is 1.21. The van der Waals surface area contributed by atoms with Crippen molar-refractivity contribution < 1.29 is 22.7 Å². The average molecular weight is 254 g/mol. The second-order valence-corrected chi connectivity index (χ2v) is 3.11. The third-order valence-electron chi connectivity index (χ3n) is 1.66. The molecule has 0 saturated heterocycles. The lowest BCUT2D eigenvalue weighted by molar-refractivity contribution is 0.0512. The molecule has 7 heteroatoms. The lowest BCUT2D eigenvalue weighted by Gasteiger charge is -2.07. The summed E-state index contributed by atoms with van der Waals surface area (Å²) in [6.45, 7) is 1.48. The van der Waals surface area contributed by atoms with Crippen molar-refractivity contribution in [3.05, 3.63) is 28.3 Å². The highest BCUT2D eigenvalue weighted by Crippen LogP contribution is 2.26. The van der Waals surface area contributed by atoms with Gasteiger partial charge in [-0.2, -0.15) is 0 Å². The van der Waals surface area contributed by atoms with Crippen LogP contribution in [-0.4, -0.2) is 17.6 Å². The van der Waals surface area contributed by atoms with Crippen LogP contribution in [-0.2, 0) is 4.74 Å². The smallest absolute Gasteiger partial charge is 0.360 e. The maximum Gasteiger partial charge on any atom is 0.360 e. The lowest BCUT2D eigenvalue weighted by atomic mass is 10.2. The molecule has 1 aromatic rings. The number of pyridine rings is 1. The summed E-state index contributed by atoms with van der Waals surface area (Å²) < 4.78 is 42.5. The summed E-state index contributed by atoms with van der Waals surface area (Å²) >= 11 is 5.39. The molecule has 1 heterocycles. The highest BCUT2D eigenvalue weighted by Gasteiger charge is 2.24. The van der Waals surface area contributed by atoms with Crippen LogP contribution in [0.25, 0.3) is 0 Å². The predicted octanol–water partition coefficient (Wildman–Crippen LogP) is 2.99. The van der Waals surface area contributed by atoms with Gasteiger partial charge in [0.25, 0.3) is 6.43 Å². The van der Waals surface area contributed by atoms with Crippen molar-refractivity contribution in [2.24, 2.45) is 0 Å². The van der Waals surface area contributed by atoms with E-state index in [1.54, 1.807) is 0 Å². The Labute approximate surface area is 94.2 Å². The Morgan fingerprint density at radius 2 is 2.25 bits per heavy atom. The SMILES string of the molecule is CCOC(=O)c1nc(Cl)cc(C(F)F)c1F. The minimum atomic E-state index is -3.08. The van der Waals surface area contributed by atoms with Crippen LogP contribution in [0, 0.1) is 5.82 Å². The third-order valence-corrected chi connectivity index (χ3v) is 1.85. The third kappa shape index (κ3) is 2.63. The van der Waals surface area contributed by atoms with E-state index in [0.717, 1.165) is 0 Å². The molecule has 16 heavy (non-hydrogen) atoms. The van der Waals surface area contributed by atoms with E-state index in [4.69, 9.17) is 11.6 Å². The first-order valence-corrected chi connectivity index (χ1v) is 4.66. The van der Waals surface area contributed by atoms with Gasteiger partial charge in [-0.05, 0) is 13.0 Å². The van der Waals surface area contributed by atoms with Gasteiger partial charge in [-0.25, -0.2) is 22.9 Å². The van der Waals surface area contributed by atoms with Crippen LogP contribution in [0.5, 0.6) is 0 Å². The Kier molecular flexibility index (Phi) is 4.12. The summed E-state index contributed by atoms with van der Waals surface area (Å²) in [5.41, 5.74) is -1.80. The Hall–Kier alpha value is -1.30. The number of esters is 1. The number of hydrogen-bond donors (Lipinski definition) is 0. The van der Waals surface area contributed by atoms with E-state index in [1.807, 2.05) is 0 Å². The van der Waals surface area contributed by atoms with Gasteiger partial charge in [-0.3, -0.25) is 0 Å². The number of aromatic nitrogens is 1. The summed E-state index contributed by atoms with van der Waals surface area (Å²) in [4.78, 5) is 14.5. The Morgan fingerprint density at radius 3 is 2.75 bits per heavy atom. The van der Waals surface area contributed by atoms with Crippen LogP contribution in [0.3, 0.4) is 0 Å². The van der Waals surface area contributed by atoms with Crippen molar-refractivity contribution in [1.29, 1.82) is 0 Å². The molecule has 1 aromatic heterocycles. The van der Waals surface area contributed by atoms with Crippen LogP contribution in [0.2, 0.25) is 5.15 Å². The van der Waals surface area contributed by atoms with Gasteiger partial charge in [0, 0.05) is 0 Å². The molecule has 1 rings (SSSR count). The van der Waals surface area contributed by atoms with Gasteiger partial charge in [0.1, 0.15) is 5.15 Å². The van der Waals surface area contributed by atoms with Crippen LogP contribution in [0.4, 0.5) is 13.2 Å². The van der Waals surface area contributed by atoms with E-state index in [-0.39, 0.29) is 11.8 Å². The molecule has 0 atom stereocenters. The zero-order chi connectivity index (χ0) is 12.3. The summed E-state index contributed by atoms with van der Waals surface area (Å²) in [6, 6.07) is 0.671. The van der Waals surface area contributed by atoms with Gasteiger partial charge in [0.05, 0.1) is 12.2 Å². The number of alkyl halides is 2. The number of nitrogens with zero attached hydrogens (tertiary/aromatic N) is 1. The van der Waals surface area contributed by atoms with Crippen molar-refractivity contribution in [2.75, 3.05) is 6.61 Å². The largest absolute Gasteiger partial charge is 0.461 e. The van der Waals surface area contributed by atoms with E-state index < -0.39 is 29.5 Å². The quantitative estimate of drug-likeness (QED) is 0.614. The van der Waals surface area contributed by atoms with Crippen molar-refractivity contribution in [3.63, 3.8) is 0 Å². The number of carbonyl (C=O) groups is 1. The minimum absolute atomic E-state index is 0.0174. The maximum absolute atomic E-state index is 13.4. The zero-order valence-corrected chi connectivity index (χ0v) is 8.89. The van der Waals surface area contributed by atoms with Crippen LogP contribution < -0.4 is 0 Å². The molecule has 88 valence electrons. The summed E-state index contributed by atoms with van der Waals surface area (Å²) in [5, 5.41) is -0.389. The van der Waals surface area contributed by atoms with E-state index in [1.165, 1.54) is 6.92 Å². The molecule has 0 unspecified atom stereocenters. The van der Waals surface area contributed by atoms with Gasteiger partial charge in [-0.15, -0.1) is 0 Å². The standard InChI is InChI=1S/C9H7ClF3NO2/c1-2-16-9(15)7-6(11)4(8(12)13)3-5(10)14-7/h3,8H,2H2,1H3. The van der Waals surface area contributed by atoms with Crippen molar-refractivity contribution in [2.45, 2.75) is 13.3 Å². The first kappa shape index (κ1) is 12.8. The molecular formula is C9H7ClF3NO2. The molecule has 0 radical (unpaired) electrons. The van der Waals surface area contributed by atoms with E-state index in [9.17, 15) is 18.0 Å².